The van der Waals surface area contributed by atoms with E-state index in [0.29, 0.717) is 45.9 Å². The van der Waals surface area contributed by atoms with Crippen molar-refractivity contribution in [3.05, 3.63) is 24.3 Å². The molecule has 0 bridgehead atoms. The predicted molar refractivity (Wildman–Crippen MR) is 92.2 cm³/mol. The summed E-state index contributed by atoms with van der Waals surface area (Å²) in [5, 5.41) is 3.20. The van der Waals surface area contributed by atoms with Crippen molar-refractivity contribution in [2.45, 2.75) is 22.8 Å². The normalized spacial score (nSPS) is 24.3. The minimum Gasteiger partial charge on any atom is -0.379 e. The molecule has 8 nitrogen and oxygen atoms in total. The van der Waals surface area contributed by atoms with Gasteiger partial charge in [0, 0.05) is 38.8 Å². The summed E-state index contributed by atoms with van der Waals surface area (Å²) in [6.07, 6.45) is 0. The van der Waals surface area contributed by atoms with Crippen LogP contribution in [0.4, 0.5) is 0 Å². The van der Waals surface area contributed by atoms with E-state index >= 15 is 0 Å². The number of sulfonamides is 2. The molecule has 0 aromatic heterocycles. The predicted octanol–water partition coefficient (Wildman–Crippen LogP) is -0.310. The number of nitrogens with zero attached hydrogens (tertiary/aromatic N) is 2. The van der Waals surface area contributed by atoms with Gasteiger partial charge in [0.05, 0.1) is 23.0 Å². The first-order chi connectivity index (χ1) is 11.8. The van der Waals surface area contributed by atoms with Gasteiger partial charge in [0.2, 0.25) is 20.0 Å². The average molecular weight is 389 g/mol. The number of nitrogens with one attached hydrogen (secondary N) is 1. The highest BCUT2D eigenvalue weighted by Crippen LogP contribution is 2.22. The fraction of sp³-hybridized carbons (Fsp3) is 0.600. The van der Waals surface area contributed by atoms with Crippen LogP contribution in [0.25, 0.3) is 0 Å². The molecule has 2 heterocycles. The number of benzene rings is 1. The maximum absolute atomic E-state index is 12.7. The molecule has 2 saturated heterocycles. The van der Waals surface area contributed by atoms with Crippen LogP contribution in [-0.2, 0) is 24.8 Å². The summed E-state index contributed by atoms with van der Waals surface area (Å²) in [6, 6.07) is 5.56. The van der Waals surface area contributed by atoms with Gasteiger partial charge in [0.25, 0.3) is 0 Å². The second-order valence-corrected chi connectivity index (χ2v) is 10.1. The van der Waals surface area contributed by atoms with Crippen LogP contribution in [-0.4, -0.2) is 77.4 Å². The van der Waals surface area contributed by atoms with E-state index in [1.807, 2.05) is 6.92 Å². The minimum absolute atomic E-state index is 0.0875. The first-order valence-electron chi connectivity index (χ1n) is 8.23. The smallest absolute Gasteiger partial charge is 0.243 e. The molecule has 1 atom stereocenters. The summed E-state index contributed by atoms with van der Waals surface area (Å²) < 4.78 is 58.6. The van der Waals surface area contributed by atoms with Crippen molar-refractivity contribution >= 4 is 20.0 Å². The average Bonchev–Trinajstić information content (AvgIpc) is 2.62. The highest BCUT2D eigenvalue weighted by atomic mass is 32.2. The lowest BCUT2D eigenvalue weighted by Gasteiger charge is -2.31. The highest BCUT2D eigenvalue weighted by molar-refractivity contribution is 7.89. The van der Waals surface area contributed by atoms with E-state index < -0.39 is 20.0 Å². The molecule has 0 radical (unpaired) electrons. The highest BCUT2D eigenvalue weighted by Gasteiger charge is 2.30. The minimum atomic E-state index is -3.62. The summed E-state index contributed by atoms with van der Waals surface area (Å²) >= 11 is 0. The number of rotatable bonds is 4. The van der Waals surface area contributed by atoms with Gasteiger partial charge in [-0.15, -0.1) is 0 Å². The molecule has 2 aliphatic heterocycles. The lowest BCUT2D eigenvalue weighted by molar-refractivity contribution is 0.0730. The lowest BCUT2D eigenvalue weighted by Crippen LogP contribution is -2.51. The Morgan fingerprint density at radius 2 is 1.44 bits per heavy atom. The Morgan fingerprint density at radius 3 is 1.96 bits per heavy atom. The van der Waals surface area contributed by atoms with Crippen molar-refractivity contribution in [3.8, 4) is 0 Å². The molecule has 0 saturated carbocycles. The lowest BCUT2D eigenvalue weighted by atomic mass is 10.3. The SMILES string of the molecule is CC1CN(S(=O)(=O)c2ccc(S(=O)(=O)N3CCOCC3)cc2)CCN1. The second-order valence-electron chi connectivity index (χ2n) is 6.21. The van der Waals surface area contributed by atoms with Crippen LogP contribution in [0.2, 0.25) is 0 Å². The Kier molecular flexibility index (Phi) is 5.47. The first kappa shape index (κ1) is 18.7. The zero-order chi connectivity index (χ0) is 18.1. The third-order valence-corrected chi connectivity index (χ3v) is 8.19. The zero-order valence-electron chi connectivity index (χ0n) is 14.1. The molecule has 0 amide bonds. The molecule has 1 unspecified atom stereocenters. The number of hydrogen-bond donors (Lipinski definition) is 1. The van der Waals surface area contributed by atoms with E-state index in [0.717, 1.165) is 0 Å². The van der Waals surface area contributed by atoms with Crippen molar-refractivity contribution in [3.63, 3.8) is 0 Å². The summed E-state index contributed by atoms with van der Waals surface area (Å²) in [5.74, 6) is 0. The monoisotopic (exact) mass is 389 g/mol. The van der Waals surface area contributed by atoms with Crippen LogP contribution in [0.5, 0.6) is 0 Å². The Bertz CT molecular complexity index is 802. The molecular formula is C15H23N3O5S2. The van der Waals surface area contributed by atoms with Crippen molar-refractivity contribution < 1.29 is 21.6 Å². The summed E-state index contributed by atoms with van der Waals surface area (Å²) in [5.41, 5.74) is 0. The largest absolute Gasteiger partial charge is 0.379 e. The fourth-order valence-corrected chi connectivity index (χ4v) is 5.92. The van der Waals surface area contributed by atoms with E-state index in [-0.39, 0.29) is 15.8 Å². The van der Waals surface area contributed by atoms with Crippen molar-refractivity contribution in [1.82, 2.24) is 13.9 Å². The Balaban J connectivity index is 1.82. The topological polar surface area (TPSA) is 96.0 Å². The first-order valence-corrected chi connectivity index (χ1v) is 11.1. The van der Waals surface area contributed by atoms with Gasteiger partial charge < -0.3 is 10.1 Å². The molecule has 1 aromatic rings. The third-order valence-electron chi connectivity index (χ3n) is 4.40. The van der Waals surface area contributed by atoms with Crippen molar-refractivity contribution in [2.75, 3.05) is 45.9 Å². The molecule has 1 N–H and O–H groups in total. The zero-order valence-corrected chi connectivity index (χ0v) is 15.7. The van der Waals surface area contributed by atoms with E-state index in [9.17, 15) is 16.8 Å². The number of hydrogen-bond acceptors (Lipinski definition) is 6. The van der Waals surface area contributed by atoms with Gasteiger partial charge in [-0.05, 0) is 31.2 Å². The Labute approximate surface area is 148 Å². The van der Waals surface area contributed by atoms with E-state index in [2.05, 4.69) is 5.32 Å². The van der Waals surface area contributed by atoms with E-state index in [1.165, 1.54) is 32.9 Å². The molecule has 2 aliphatic rings. The fourth-order valence-electron chi connectivity index (χ4n) is 2.98. The maximum atomic E-state index is 12.7. The van der Waals surface area contributed by atoms with Crippen LogP contribution in [0.1, 0.15) is 6.92 Å². The molecule has 10 heteroatoms. The Hall–Kier alpha value is -1.04. The molecule has 25 heavy (non-hydrogen) atoms. The van der Waals surface area contributed by atoms with Crippen LogP contribution < -0.4 is 5.32 Å². The number of morpholine rings is 1. The Morgan fingerprint density at radius 1 is 0.920 bits per heavy atom. The second kappa shape index (κ2) is 7.29. The molecule has 3 rings (SSSR count). The molecule has 1 aromatic carbocycles. The summed E-state index contributed by atoms with van der Waals surface area (Å²) in [4.78, 5) is 0.213. The van der Waals surface area contributed by atoms with Gasteiger partial charge in [0.15, 0.2) is 0 Å². The van der Waals surface area contributed by atoms with Crippen molar-refractivity contribution in [1.29, 1.82) is 0 Å². The van der Waals surface area contributed by atoms with Gasteiger partial charge in [-0.1, -0.05) is 0 Å². The van der Waals surface area contributed by atoms with Crippen LogP contribution >= 0.6 is 0 Å². The van der Waals surface area contributed by atoms with Gasteiger partial charge in [-0.25, -0.2) is 16.8 Å². The maximum Gasteiger partial charge on any atom is 0.243 e. The van der Waals surface area contributed by atoms with Crippen molar-refractivity contribution in [2.24, 2.45) is 0 Å². The van der Waals surface area contributed by atoms with E-state index in [1.54, 1.807) is 0 Å². The quantitative estimate of drug-likeness (QED) is 0.759. The van der Waals surface area contributed by atoms with Gasteiger partial charge in [-0.3, -0.25) is 0 Å². The summed E-state index contributed by atoms with van der Waals surface area (Å²) in [7, 11) is -7.24. The molecule has 140 valence electrons. The van der Waals surface area contributed by atoms with Gasteiger partial charge >= 0.3 is 0 Å². The molecule has 0 spiro atoms. The van der Waals surface area contributed by atoms with E-state index in [4.69, 9.17) is 4.74 Å². The van der Waals surface area contributed by atoms with Gasteiger partial charge in [-0.2, -0.15) is 8.61 Å². The van der Waals surface area contributed by atoms with Crippen LogP contribution in [0.3, 0.4) is 0 Å². The number of ether oxygens (including phenoxy) is 1. The van der Waals surface area contributed by atoms with Crippen LogP contribution in [0.15, 0.2) is 34.1 Å². The number of piperazine rings is 1. The summed E-state index contributed by atoms with van der Waals surface area (Å²) in [6.45, 7) is 4.68. The standard InChI is InChI=1S/C15H23N3O5S2/c1-13-12-18(7-6-16-13)25(21,22)15-4-2-14(3-5-15)24(19,20)17-8-10-23-11-9-17/h2-5,13,16H,6-12H2,1H3. The molecule has 2 fully saturated rings. The molecule has 0 aliphatic carbocycles. The molecular weight excluding hydrogens is 366 g/mol. The van der Waals surface area contributed by atoms with Gasteiger partial charge in [0.1, 0.15) is 0 Å². The third kappa shape index (κ3) is 3.88. The van der Waals surface area contributed by atoms with Crippen LogP contribution in [0, 0.1) is 0 Å².